The molecule has 0 bridgehead atoms. The quantitative estimate of drug-likeness (QED) is 0.381. The molecule has 3 rings (SSSR count). The van der Waals surface area contributed by atoms with Crippen LogP contribution in [0, 0.1) is 0 Å². The molecule has 5 amide bonds. The summed E-state index contributed by atoms with van der Waals surface area (Å²) in [6, 6.07) is 10.4. The summed E-state index contributed by atoms with van der Waals surface area (Å²) >= 11 is 0. The zero-order chi connectivity index (χ0) is 27.4. The Morgan fingerprint density at radius 2 is 1.73 bits per heavy atom. The van der Waals surface area contributed by atoms with Gasteiger partial charge in [-0.1, -0.05) is 32.9 Å². The predicted octanol–water partition coefficient (Wildman–Crippen LogP) is 4.59. The summed E-state index contributed by atoms with van der Waals surface area (Å²) in [6.07, 6.45) is 3.46. The van der Waals surface area contributed by atoms with Gasteiger partial charge in [0.25, 0.3) is 5.91 Å². The van der Waals surface area contributed by atoms with Crippen LogP contribution in [0.15, 0.2) is 42.6 Å². The van der Waals surface area contributed by atoms with E-state index in [2.05, 4.69) is 41.3 Å². The third kappa shape index (κ3) is 6.85. The van der Waals surface area contributed by atoms with Crippen molar-refractivity contribution in [1.82, 2.24) is 20.1 Å². The number of carbonyl (C=O) groups excluding carboxylic acids is 3. The third-order valence-corrected chi connectivity index (χ3v) is 6.54. The van der Waals surface area contributed by atoms with Crippen LogP contribution in [0.25, 0.3) is 0 Å². The van der Waals surface area contributed by atoms with Crippen molar-refractivity contribution in [3.63, 3.8) is 0 Å². The highest BCUT2D eigenvalue weighted by Crippen LogP contribution is 2.34. The van der Waals surface area contributed by atoms with Gasteiger partial charge in [-0.3, -0.25) is 10.1 Å². The standard InChI is InChI=1S/C28H40N6O3/c1-27(2,3)21-10-12-22(13-11-21)34-24(35)28(4,5)33(26(34)37)19-20-14-16-29-23(18-20)31-25(36)30-15-8-9-17-32(6)7/h10-14,16,18H,8-9,15,17,19H2,1-7H3,(H2,29,30,31,36). The van der Waals surface area contributed by atoms with Crippen molar-refractivity contribution < 1.29 is 14.4 Å². The van der Waals surface area contributed by atoms with Gasteiger partial charge in [-0.25, -0.2) is 19.5 Å². The topological polar surface area (TPSA) is 97.9 Å². The predicted molar refractivity (Wildman–Crippen MR) is 147 cm³/mol. The van der Waals surface area contributed by atoms with Gasteiger partial charge in [-0.15, -0.1) is 0 Å². The molecule has 0 radical (unpaired) electrons. The second-order valence-corrected chi connectivity index (χ2v) is 11.3. The number of nitrogens with one attached hydrogen (secondary N) is 2. The van der Waals surface area contributed by atoms with E-state index >= 15 is 0 Å². The Hall–Kier alpha value is -3.46. The maximum atomic E-state index is 13.4. The fourth-order valence-electron chi connectivity index (χ4n) is 4.18. The fraction of sp³-hybridized carbons (Fsp3) is 0.500. The molecule has 1 aliphatic rings. The van der Waals surface area contributed by atoms with E-state index in [-0.39, 0.29) is 29.9 Å². The highest BCUT2D eigenvalue weighted by molar-refractivity contribution is 6.22. The van der Waals surface area contributed by atoms with Gasteiger partial charge in [-0.05, 0) is 88.1 Å². The van der Waals surface area contributed by atoms with Gasteiger partial charge in [-0.2, -0.15) is 0 Å². The SMILES string of the molecule is CN(C)CCCCNC(=O)Nc1cc(CN2C(=O)N(c3ccc(C(C)(C)C)cc3)C(=O)C2(C)C)ccn1. The van der Waals surface area contributed by atoms with Crippen LogP contribution in [0.2, 0.25) is 0 Å². The highest BCUT2D eigenvalue weighted by atomic mass is 16.2. The number of carbonyl (C=O) groups is 3. The molecule has 0 aliphatic carbocycles. The van der Waals surface area contributed by atoms with E-state index in [0.29, 0.717) is 18.1 Å². The van der Waals surface area contributed by atoms with Crippen molar-refractivity contribution in [2.24, 2.45) is 0 Å². The van der Waals surface area contributed by atoms with Crippen LogP contribution >= 0.6 is 0 Å². The van der Waals surface area contributed by atoms with Gasteiger partial charge in [0.2, 0.25) is 0 Å². The average Bonchev–Trinajstić information content (AvgIpc) is 2.97. The van der Waals surface area contributed by atoms with Crippen molar-refractivity contribution in [2.75, 3.05) is 37.4 Å². The first-order valence-electron chi connectivity index (χ1n) is 12.7. The molecule has 37 heavy (non-hydrogen) atoms. The molecular weight excluding hydrogens is 468 g/mol. The monoisotopic (exact) mass is 508 g/mol. The number of benzene rings is 1. The van der Waals surface area contributed by atoms with E-state index in [9.17, 15) is 14.4 Å². The molecule has 9 heteroatoms. The van der Waals surface area contributed by atoms with Crippen molar-refractivity contribution in [1.29, 1.82) is 0 Å². The van der Waals surface area contributed by atoms with Gasteiger partial charge >= 0.3 is 12.1 Å². The number of amides is 5. The molecule has 9 nitrogen and oxygen atoms in total. The number of hydrogen-bond acceptors (Lipinski definition) is 5. The van der Waals surface area contributed by atoms with Gasteiger partial charge < -0.3 is 15.1 Å². The number of imide groups is 1. The number of hydrogen-bond donors (Lipinski definition) is 2. The second-order valence-electron chi connectivity index (χ2n) is 11.3. The Kier molecular flexibility index (Phi) is 8.58. The maximum Gasteiger partial charge on any atom is 0.332 e. The molecule has 1 saturated heterocycles. The zero-order valence-electron chi connectivity index (χ0n) is 23.1. The summed E-state index contributed by atoms with van der Waals surface area (Å²) < 4.78 is 0. The summed E-state index contributed by atoms with van der Waals surface area (Å²) in [7, 11) is 4.04. The molecule has 0 atom stereocenters. The summed E-state index contributed by atoms with van der Waals surface area (Å²) in [5.41, 5.74) is 1.38. The van der Waals surface area contributed by atoms with E-state index in [1.165, 1.54) is 4.90 Å². The third-order valence-electron chi connectivity index (χ3n) is 6.54. The van der Waals surface area contributed by atoms with Crippen LogP contribution < -0.4 is 15.5 Å². The number of urea groups is 2. The van der Waals surface area contributed by atoms with Crippen LogP contribution in [0.1, 0.15) is 58.6 Å². The van der Waals surface area contributed by atoms with E-state index in [1.807, 2.05) is 38.4 Å². The van der Waals surface area contributed by atoms with Crippen molar-refractivity contribution >= 4 is 29.5 Å². The first-order chi connectivity index (χ1) is 17.3. The van der Waals surface area contributed by atoms with E-state index in [4.69, 9.17) is 0 Å². The van der Waals surface area contributed by atoms with Crippen molar-refractivity contribution in [3.05, 3.63) is 53.7 Å². The first kappa shape index (κ1) is 28.1. The molecule has 1 aromatic carbocycles. The van der Waals surface area contributed by atoms with Crippen LogP contribution in [0.3, 0.4) is 0 Å². The molecule has 1 fully saturated rings. The lowest BCUT2D eigenvalue weighted by Gasteiger charge is -2.27. The Morgan fingerprint density at radius 1 is 1.05 bits per heavy atom. The number of anilines is 2. The average molecular weight is 509 g/mol. The Labute approximate surface area is 220 Å². The lowest BCUT2D eigenvalue weighted by Crippen LogP contribution is -2.43. The number of nitrogens with zero attached hydrogens (tertiary/aromatic N) is 4. The molecule has 1 aromatic heterocycles. The Bertz CT molecular complexity index is 1120. The number of unbranched alkanes of at least 4 members (excludes halogenated alkanes) is 1. The maximum absolute atomic E-state index is 13.4. The van der Waals surface area contributed by atoms with Crippen LogP contribution in [0.4, 0.5) is 21.1 Å². The number of pyridine rings is 1. The molecule has 2 aromatic rings. The zero-order valence-corrected chi connectivity index (χ0v) is 23.1. The minimum atomic E-state index is -1.03. The molecule has 1 aliphatic heterocycles. The van der Waals surface area contributed by atoms with Gasteiger partial charge in [0.15, 0.2) is 0 Å². The summed E-state index contributed by atoms with van der Waals surface area (Å²) in [5, 5.41) is 5.58. The number of rotatable bonds is 9. The van der Waals surface area contributed by atoms with E-state index < -0.39 is 5.54 Å². The highest BCUT2D eigenvalue weighted by Gasteiger charge is 2.51. The minimum Gasteiger partial charge on any atom is -0.338 e. The van der Waals surface area contributed by atoms with Crippen LogP contribution in [-0.4, -0.2) is 65.5 Å². The minimum absolute atomic E-state index is 0.0288. The largest absolute Gasteiger partial charge is 0.338 e. The fourth-order valence-corrected chi connectivity index (χ4v) is 4.18. The summed E-state index contributed by atoms with van der Waals surface area (Å²) in [5.74, 6) is 0.107. The Balaban J connectivity index is 1.67. The van der Waals surface area contributed by atoms with Gasteiger partial charge in [0.05, 0.1) is 5.69 Å². The van der Waals surface area contributed by atoms with Crippen molar-refractivity contribution in [3.8, 4) is 0 Å². The molecule has 2 heterocycles. The second kappa shape index (κ2) is 11.3. The van der Waals surface area contributed by atoms with Crippen LogP contribution in [0.5, 0.6) is 0 Å². The van der Waals surface area contributed by atoms with E-state index in [1.54, 1.807) is 37.1 Å². The van der Waals surface area contributed by atoms with Gasteiger partial charge in [0.1, 0.15) is 11.4 Å². The lowest BCUT2D eigenvalue weighted by molar-refractivity contribution is -0.123. The lowest BCUT2D eigenvalue weighted by atomic mass is 9.87. The Morgan fingerprint density at radius 3 is 2.35 bits per heavy atom. The summed E-state index contributed by atoms with van der Waals surface area (Å²) in [6.45, 7) is 11.6. The van der Waals surface area contributed by atoms with E-state index in [0.717, 1.165) is 30.5 Å². The molecular formula is C28H40N6O3. The van der Waals surface area contributed by atoms with Gasteiger partial charge in [0, 0.05) is 19.3 Å². The van der Waals surface area contributed by atoms with Crippen molar-refractivity contribution in [2.45, 2.75) is 65.0 Å². The molecule has 0 spiro atoms. The van der Waals surface area contributed by atoms with Crippen LogP contribution in [-0.2, 0) is 16.8 Å². The normalized spacial score (nSPS) is 15.5. The summed E-state index contributed by atoms with van der Waals surface area (Å²) in [4.78, 5) is 48.1. The first-order valence-corrected chi connectivity index (χ1v) is 12.7. The molecule has 2 N–H and O–H groups in total. The smallest absolute Gasteiger partial charge is 0.332 e. The molecule has 0 saturated carbocycles. The number of aromatic nitrogens is 1. The molecule has 200 valence electrons. The molecule has 0 unspecified atom stereocenters.